The van der Waals surface area contributed by atoms with Gasteiger partial charge >= 0.3 is 7.12 Å². The maximum atomic E-state index is 14.5. The van der Waals surface area contributed by atoms with Crippen LogP contribution in [0.5, 0.6) is 0 Å². The van der Waals surface area contributed by atoms with Crippen molar-refractivity contribution in [1.29, 1.82) is 0 Å². The van der Waals surface area contributed by atoms with Crippen LogP contribution in [0.15, 0.2) is 23.9 Å². The molecule has 0 bridgehead atoms. The molecule has 24 heavy (non-hydrogen) atoms. The zero-order valence-corrected chi connectivity index (χ0v) is 14.5. The molecule has 0 unspecified atom stereocenters. The van der Waals surface area contributed by atoms with E-state index in [9.17, 15) is 8.78 Å². The maximum Gasteiger partial charge on any atom is 0.525 e. The van der Waals surface area contributed by atoms with Crippen molar-refractivity contribution in [3.8, 4) is 11.8 Å². The highest BCUT2D eigenvalue weighted by atomic mass is 19.1. The Hall–Kier alpha value is -1.64. The zero-order valence-electron chi connectivity index (χ0n) is 14.5. The molecule has 1 aromatic carbocycles. The quantitative estimate of drug-likeness (QED) is 0.586. The molecule has 1 heterocycles. The second kappa shape index (κ2) is 6.02. The van der Waals surface area contributed by atoms with Crippen LogP contribution in [0.25, 0.3) is 6.08 Å². The first kappa shape index (κ1) is 17.2. The van der Waals surface area contributed by atoms with Gasteiger partial charge in [-0.2, -0.15) is 0 Å². The van der Waals surface area contributed by atoms with E-state index in [1.807, 2.05) is 27.7 Å². The average Bonchev–Trinajstić information content (AvgIpc) is 3.27. The van der Waals surface area contributed by atoms with Gasteiger partial charge in [-0.15, -0.1) is 0 Å². The Morgan fingerprint density at radius 2 is 1.83 bits per heavy atom. The molecule has 2 nitrogen and oxygen atoms in total. The summed E-state index contributed by atoms with van der Waals surface area (Å²) in [6.45, 7) is 7.46. The number of hydrogen-bond donors (Lipinski definition) is 0. The lowest BCUT2D eigenvalue weighted by molar-refractivity contribution is 0.00578. The van der Waals surface area contributed by atoms with Gasteiger partial charge in [0.1, 0.15) is 11.5 Å². The molecule has 0 aromatic heterocycles. The average molecular weight is 330 g/mol. The Balaban J connectivity index is 1.81. The van der Waals surface area contributed by atoms with E-state index in [2.05, 4.69) is 11.8 Å². The van der Waals surface area contributed by atoms with Gasteiger partial charge in [-0.05, 0) is 64.3 Å². The highest BCUT2D eigenvalue weighted by Gasteiger charge is 2.53. The molecule has 1 aromatic rings. The Kier molecular flexibility index (Phi) is 4.31. The van der Waals surface area contributed by atoms with Gasteiger partial charge in [0.25, 0.3) is 0 Å². The van der Waals surface area contributed by atoms with Crippen molar-refractivity contribution in [2.75, 3.05) is 0 Å². The molecule has 0 amide bonds. The molecule has 1 saturated heterocycles. The summed E-state index contributed by atoms with van der Waals surface area (Å²) < 4.78 is 39.7. The third-order valence-electron chi connectivity index (χ3n) is 4.76. The van der Waals surface area contributed by atoms with Gasteiger partial charge in [-0.25, -0.2) is 8.78 Å². The molecule has 1 aliphatic carbocycles. The van der Waals surface area contributed by atoms with Crippen molar-refractivity contribution in [3.63, 3.8) is 0 Å². The number of halogens is 2. The first-order chi connectivity index (χ1) is 11.2. The number of rotatable bonds is 2. The SMILES string of the molecule is CC1(C)OB(C(F)=Cc2ccc(F)c(C#CC3CC3)c2)OC1(C)C. The molecule has 0 N–H and O–H groups in total. The molecule has 126 valence electrons. The summed E-state index contributed by atoms with van der Waals surface area (Å²) in [5.74, 6) is 5.85. The summed E-state index contributed by atoms with van der Waals surface area (Å²) in [4.78, 5) is 0. The van der Waals surface area contributed by atoms with Crippen LogP contribution in [-0.4, -0.2) is 18.3 Å². The van der Waals surface area contributed by atoms with Crippen LogP contribution in [0.1, 0.15) is 51.7 Å². The summed E-state index contributed by atoms with van der Waals surface area (Å²) in [6, 6.07) is 4.37. The topological polar surface area (TPSA) is 18.5 Å². The van der Waals surface area contributed by atoms with E-state index in [-0.39, 0.29) is 5.56 Å². The van der Waals surface area contributed by atoms with E-state index in [4.69, 9.17) is 9.31 Å². The molecule has 2 aliphatic rings. The third-order valence-corrected chi connectivity index (χ3v) is 4.76. The monoisotopic (exact) mass is 330 g/mol. The van der Waals surface area contributed by atoms with E-state index < -0.39 is 29.9 Å². The van der Waals surface area contributed by atoms with Gasteiger partial charge in [0, 0.05) is 5.92 Å². The molecule has 0 atom stereocenters. The normalized spacial score (nSPS) is 22.2. The molecule has 3 rings (SSSR count). The maximum absolute atomic E-state index is 14.5. The third kappa shape index (κ3) is 3.55. The van der Waals surface area contributed by atoms with E-state index in [0.717, 1.165) is 12.8 Å². The summed E-state index contributed by atoms with van der Waals surface area (Å²) in [5.41, 5.74) is -0.929. The fourth-order valence-electron chi connectivity index (χ4n) is 2.32. The highest BCUT2D eigenvalue weighted by molar-refractivity contribution is 6.54. The summed E-state index contributed by atoms with van der Waals surface area (Å²) in [6.07, 6.45) is 3.46. The molecule has 1 saturated carbocycles. The van der Waals surface area contributed by atoms with E-state index >= 15 is 0 Å². The largest absolute Gasteiger partial charge is 0.525 e. The fraction of sp³-hybridized carbons (Fsp3) is 0.474. The lowest BCUT2D eigenvalue weighted by Gasteiger charge is -2.32. The highest BCUT2D eigenvalue weighted by Crippen LogP contribution is 2.39. The van der Waals surface area contributed by atoms with Crippen LogP contribution in [-0.2, 0) is 9.31 Å². The van der Waals surface area contributed by atoms with Crippen molar-refractivity contribution in [1.82, 2.24) is 0 Å². The number of benzene rings is 1. The van der Waals surface area contributed by atoms with Gasteiger partial charge in [-0.1, -0.05) is 17.9 Å². The van der Waals surface area contributed by atoms with Crippen LogP contribution in [0, 0.1) is 23.6 Å². The van der Waals surface area contributed by atoms with Gasteiger partial charge in [0.05, 0.1) is 16.8 Å². The van der Waals surface area contributed by atoms with Crippen molar-refractivity contribution in [2.45, 2.75) is 51.7 Å². The Morgan fingerprint density at radius 3 is 2.42 bits per heavy atom. The minimum absolute atomic E-state index is 0.289. The van der Waals surface area contributed by atoms with Crippen molar-refractivity contribution in [3.05, 3.63) is 40.9 Å². The van der Waals surface area contributed by atoms with Gasteiger partial charge < -0.3 is 9.31 Å². The first-order valence-corrected chi connectivity index (χ1v) is 8.22. The zero-order chi connectivity index (χ0) is 17.5. The molecular weight excluding hydrogens is 309 g/mol. The first-order valence-electron chi connectivity index (χ1n) is 8.22. The lowest BCUT2D eigenvalue weighted by Crippen LogP contribution is -2.41. The molecular formula is C19H21BF2O2. The van der Waals surface area contributed by atoms with E-state index in [1.54, 1.807) is 6.07 Å². The minimum atomic E-state index is -1.05. The van der Waals surface area contributed by atoms with E-state index in [1.165, 1.54) is 18.2 Å². The van der Waals surface area contributed by atoms with Crippen molar-refractivity contribution >= 4 is 13.2 Å². The fourth-order valence-corrected chi connectivity index (χ4v) is 2.32. The van der Waals surface area contributed by atoms with Crippen LogP contribution in [0.2, 0.25) is 0 Å². The Bertz CT molecular complexity index is 723. The van der Waals surface area contributed by atoms with Crippen molar-refractivity contribution < 1.29 is 18.1 Å². The summed E-state index contributed by atoms with van der Waals surface area (Å²) >= 11 is 0. The predicted octanol–water partition coefficient (Wildman–Crippen LogP) is 4.53. The smallest absolute Gasteiger partial charge is 0.398 e. The van der Waals surface area contributed by atoms with Gasteiger partial charge in [0.2, 0.25) is 0 Å². The molecule has 5 heteroatoms. The predicted molar refractivity (Wildman–Crippen MR) is 91.2 cm³/mol. The molecule has 2 fully saturated rings. The Labute approximate surface area is 142 Å². The second-order valence-electron chi connectivity index (χ2n) is 7.40. The van der Waals surface area contributed by atoms with Gasteiger partial charge in [-0.3, -0.25) is 0 Å². The van der Waals surface area contributed by atoms with Crippen LogP contribution >= 0.6 is 0 Å². The van der Waals surface area contributed by atoms with Crippen LogP contribution in [0.4, 0.5) is 8.78 Å². The van der Waals surface area contributed by atoms with Crippen LogP contribution < -0.4 is 0 Å². The summed E-state index contributed by atoms with van der Waals surface area (Å²) in [7, 11) is -1.05. The minimum Gasteiger partial charge on any atom is -0.398 e. The Morgan fingerprint density at radius 1 is 1.21 bits per heavy atom. The second-order valence-corrected chi connectivity index (χ2v) is 7.40. The van der Waals surface area contributed by atoms with E-state index in [0.29, 0.717) is 11.5 Å². The molecule has 0 radical (unpaired) electrons. The number of hydrogen-bond acceptors (Lipinski definition) is 2. The molecule has 0 spiro atoms. The lowest BCUT2D eigenvalue weighted by atomic mass is 9.86. The van der Waals surface area contributed by atoms with Gasteiger partial charge in [0.15, 0.2) is 0 Å². The van der Waals surface area contributed by atoms with Crippen LogP contribution in [0.3, 0.4) is 0 Å². The standard InChI is InChI=1S/C19H21BF2O2/c1-18(2)19(3,4)24-20(23-18)17(22)12-14-8-10-16(21)15(11-14)9-7-13-5-6-13/h8,10-13H,5-6H2,1-4H3. The van der Waals surface area contributed by atoms with Crippen molar-refractivity contribution in [2.24, 2.45) is 5.92 Å². The summed E-state index contributed by atoms with van der Waals surface area (Å²) in [5, 5.41) is 0. The molecule has 1 aliphatic heterocycles.